The monoisotopic (exact) mass is 315 g/mol. The number of fused-ring (bicyclic) bond motifs is 1. The third kappa shape index (κ3) is 4.35. The van der Waals surface area contributed by atoms with Crippen LogP contribution in [-0.2, 0) is 17.6 Å². The fraction of sp³-hybridized carbons (Fsp3) is 0.526. The first-order valence-corrected chi connectivity index (χ1v) is 8.59. The summed E-state index contributed by atoms with van der Waals surface area (Å²) in [6.07, 6.45) is 9.22. The average Bonchev–Trinajstić information content (AvgIpc) is 3.06. The lowest BCUT2D eigenvalue weighted by Crippen LogP contribution is -2.29. The van der Waals surface area contributed by atoms with Crippen molar-refractivity contribution in [2.24, 2.45) is 0 Å². The largest absolute Gasteiger partial charge is 0.489 e. The van der Waals surface area contributed by atoms with Crippen molar-refractivity contribution in [3.8, 4) is 5.75 Å². The number of benzene rings is 1. The molecule has 0 bridgehead atoms. The molecule has 23 heavy (non-hydrogen) atoms. The molecule has 1 atom stereocenters. The number of nitrogens with zero attached hydrogens (tertiary/aromatic N) is 1. The van der Waals surface area contributed by atoms with Crippen molar-refractivity contribution in [1.82, 2.24) is 4.90 Å². The van der Waals surface area contributed by atoms with Gasteiger partial charge in [0, 0.05) is 12.1 Å². The van der Waals surface area contributed by atoms with E-state index in [1.54, 1.807) is 0 Å². The summed E-state index contributed by atoms with van der Waals surface area (Å²) >= 11 is 0. The first-order chi connectivity index (χ1) is 11.2. The van der Waals surface area contributed by atoms with Crippen LogP contribution in [-0.4, -0.2) is 41.7 Å². The molecule has 0 aromatic heterocycles. The van der Waals surface area contributed by atoms with E-state index in [1.165, 1.54) is 24.0 Å². The van der Waals surface area contributed by atoms with E-state index in [-0.39, 0.29) is 12.5 Å². The molecule has 3 rings (SSSR count). The fourth-order valence-electron chi connectivity index (χ4n) is 3.47. The first kappa shape index (κ1) is 16.1. The zero-order chi connectivity index (χ0) is 16.1. The number of allylic oxidation sites excluding steroid dienone is 2. The van der Waals surface area contributed by atoms with Gasteiger partial charge in [0.1, 0.15) is 11.9 Å². The van der Waals surface area contributed by atoms with Crippen LogP contribution in [0.4, 0.5) is 0 Å². The zero-order valence-corrected chi connectivity index (χ0v) is 13.5. The standard InChI is InChI=1S/C19H25NO3/c21-19(22)14-16(10-13-20-11-3-4-12-20)23-18-9-5-7-15-6-1-2-8-17(15)18/h1-2,5,7,9,16H,3-4,6,8,10-14H2,(H,21,22). The Morgan fingerprint density at radius 2 is 2.00 bits per heavy atom. The van der Waals surface area contributed by atoms with Crippen LogP contribution in [0, 0.1) is 0 Å². The molecule has 1 aromatic carbocycles. The first-order valence-electron chi connectivity index (χ1n) is 8.59. The number of ether oxygens (including phenoxy) is 1. The number of hydrogen-bond donors (Lipinski definition) is 1. The summed E-state index contributed by atoms with van der Waals surface area (Å²) in [6, 6.07) is 6.11. The Labute approximate surface area is 137 Å². The smallest absolute Gasteiger partial charge is 0.307 e. The summed E-state index contributed by atoms with van der Waals surface area (Å²) < 4.78 is 6.14. The van der Waals surface area contributed by atoms with Gasteiger partial charge in [0.05, 0.1) is 6.42 Å². The van der Waals surface area contributed by atoms with E-state index in [1.807, 2.05) is 12.1 Å². The second-order valence-corrected chi connectivity index (χ2v) is 6.45. The van der Waals surface area contributed by atoms with E-state index in [0.29, 0.717) is 0 Å². The van der Waals surface area contributed by atoms with E-state index in [4.69, 9.17) is 4.74 Å². The number of aliphatic carboxylic acids is 1. The van der Waals surface area contributed by atoms with E-state index < -0.39 is 5.97 Å². The number of likely N-dealkylation sites (tertiary alicyclic amines) is 1. The number of hydrogen-bond acceptors (Lipinski definition) is 3. The lowest BCUT2D eigenvalue weighted by Gasteiger charge is -2.24. The predicted molar refractivity (Wildman–Crippen MR) is 89.9 cm³/mol. The van der Waals surface area contributed by atoms with Crippen LogP contribution in [0.2, 0.25) is 0 Å². The molecule has 0 amide bonds. The fourth-order valence-corrected chi connectivity index (χ4v) is 3.47. The van der Waals surface area contributed by atoms with Crippen LogP contribution in [0.15, 0.2) is 30.4 Å². The summed E-state index contributed by atoms with van der Waals surface area (Å²) in [4.78, 5) is 13.6. The Morgan fingerprint density at radius 1 is 1.22 bits per heavy atom. The Balaban J connectivity index is 1.66. The lowest BCUT2D eigenvalue weighted by atomic mass is 9.96. The maximum absolute atomic E-state index is 11.2. The van der Waals surface area contributed by atoms with Gasteiger partial charge in [0.15, 0.2) is 0 Å². The minimum atomic E-state index is -0.791. The van der Waals surface area contributed by atoms with Crippen molar-refractivity contribution in [3.63, 3.8) is 0 Å². The minimum absolute atomic E-state index is 0.0628. The highest BCUT2D eigenvalue weighted by molar-refractivity contribution is 5.67. The van der Waals surface area contributed by atoms with E-state index in [2.05, 4.69) is 23.1 Å². The lowest BCUT2D eigenvalue weighted by molar-refractivity contribution is -0.138. The molecule has 1 heterocycles. The highest BCUT2D eigenvalue weighted by Gasteiger charge is 2.20. The SMILES string of the molecule is O=C(O)CC(CCN1CCCC1)Oc1cccc2c1CC=CC2. The van der Waals surface area contributed by atoms with Crippen molar-refractivity contribution >= 4 is 5.97 Å². The van der Waals surface area contributed by atoms with Gasteiger partial charge in [0.25, 0.3) is 0 Å². The molecule has 1 aliphatic heterocycles. The molecule has 2 aliphatic rings. The summed E-state index contributed by atoms with van der Waals surface area (Å²) in [5.74, 6) is 0.0700. The molecule has 1 unspecified atom stereocenters. The Morgan fingerprint density at radius 3 is 2.78 bits per heavy atom. The molecule has 1 aliphatic carbocycles. The Kier molecular flexibility index (Phi) is 5.34. The second-order valence-electron chi connectivity index (χ2n) is 6.45. The van der Waals surface area contributed by atoms with E-state index in [9.17, 15) is 9.90 Å². The maximum atomic E-state index is 11.2. The highest BCUT2D eigenvalue weighted by Crippen LogP contribution is 2.28. The molecule has 124 valence electrons. The number of rotatable bonds is 7. The summed E-state index contributed by atoms with van der Waals surface area (Å²) in [5, 5.41) is 9.19. The van der Waals surface area contributed by atoms with Gasteiger partial charge in [0.2, 0.25) is 0 Å². The van der Waals surface area contributed by atoms with Crippen molar-refractivity contribution in [3.05, 3.63) is 41.5 Å². The molecule has 0 spiro atoms. The van der Waals surface area contributed by atoms with Crippen LogP contribution in [0.3, 0.4) is 0 Å². The molecule has 0 saturated carbocycles. The third-order valence-electron chi connectivity index (χ3n) is 4.72. The Hall–Kier alpha value is -1.81. The minimum Gasteiger partial charge on any atom is -0.489 e. The number of carbonyl (C=O) groups is 1. The molecule has 1 saturated heterocycles. The van der Waals surface area contributed by atoms with Gasteiger partial charge in [-0.05, 0) is 56.8 Å². The van der Waals surface area contributed by atoms with Gasteiger partial charge in [-0.1, -0.05) is 24.3 Å². The Bertz CT molecular complexity index is 576. The molecule has 4 nitrogen and oxygen atoms in total. The van der Waals surface area contributed by atoms with Gasteiger partial charge in [-0.15, -0.1) is 0 Å². The third-order valence-corrected chi connectivity index (χ3v) is 4.72. The quantitative estimate of drug-likeness (QED) is 0.786. The van der Waals surface area contributed by atoms with E-state index in [0.717, 1.165) is 44.6 Å². The van der Waals surface area contributed by atoms with Gasteiger partial charge in [-0.25, -0.2) is 0 Å². The van der Waals surface area contributed by atoms with Crippen molar-refractivity contribution in [2.45, 2.75) is 44.6 Å². The molecule has 0 radical (unpaired) electrons. The number of carboxylic acids is 1. The molecule has 1 N–H and O–H groups in total. The maximum Gasteiger partial charge on any atom is 0.307 e. The average molecular weight is 315 g/mol. The summed E-state index contributed by atoms with van der Waals surface area (Å²) in [5.41, 5.74) is 2.50. The molecule has 1 fully saturated rings. The molecule has 1 aromatic rings. The van der Waals surface area contributed by atoms with Crippen molar-refractivity contribution in [2.75, 3.05) is 19.6 Å². The zero-order valence-electron chi connectivity index (χ0n) is 13.5. The van der Waals surface area contributed by atoms with Gasteiger partial charge in [-0.2, -0.15) is 0 Å². The van der Waals surface area contributed by atoms with Crippen LogP contribution in [0.1, 0.15) is 36.8 Å². The molecule has 4 heteroatoms. The highest BCUT2D eigenvalue weighted by atomic mass is 16.5. The van der Waals surface area contributed by atoms with Crippen LogP contribution < -0.4 is 4.74 Å². The van der Waals surface area contributed by atoms with Gasteiger partial charge >= 0.3 is 5.97 Å². The topological polar surface area (TPSA) is 49.8 Å². The van der Waals surface area contributed by atoms with E-state index >= 15 is 0 Å². The summed E-state index contributed by atoms with van der Waals surface area (Å²) in [7, 11) is 0. The predicted octanol–water partition coefficient (Wildman–Crippen LogP) is 3.05. The molecular formula is C19H25NO3. The number of carboxylic acid groups (broad SMARTS) is 1. The molecular weight excluding hydrogens is 290 g/mol. The van der Waals surface area contributed by atoms with Crippen LogP contribution >= 0.6 is 0 Å². The second kappa shape index (κ2) is 7.64. The normalized spacial score (nSPS) is 18.6. The van der Waals surface area contributed by atoms with Crippen LogP contribution in [0.25, 0.3) is 0 Å². The van der Waals surface area contributed by atoms with Crippen molar-refractivity contribution in [1.29, 1.82) is 0 Å². The van der Waals surface area contributed by atoms with Crippen molar-refractivity contribution < 1.29 is 14.6 Å². The van der Waals surface area contributed by atoms with Crippen LogP contribution in [0.5, 0.6) is 5.75 Å². The van der Waals surface area contributed by atoms with Gasteiger partial charge in [-0.3, -0.25) is 4.79 Å². The van der Waals surface area contributed by atoms with Gasteiger partial charge < -0.3 is 14.7 Å². The summed E-state index contributed by atoms with van der Waals surface area (Å²) in [6.45, 7) is 3.18.